The Kier molecular flexibility index (Phi) is 4.57. The SMILES string of the molecule is CC(NC(=O)CSc1nnnn1C)c1cccc2ccccc12. The first-order valence-corrected chi connectivity index (χ1v) is 8.26. The number of nitrogens with one attached hydrogen (secondary N) is 1. The zero-order valence-corrected chi connectivity index (χ0v) is 13.7. The van der Waals surface area contributed by atoms with Gasteiger partial charge in [0.25, 0.3) is 0 Å². The van der Waals surface area contributed by atoms with Crippen molar-refractivity contribution in [1.29, 1.82) is 0 Å². The van der Waals surface area contributed by atoms with Crippen molar-refractivity contribution < 1.29 is 4.79 Å². The molecule has 0 fully saturated rings. The maximum absolute atomic E-state index is 12.2. The summed E-state index contributed by atoms with van der Waals surface area (Å²) in [6, 6.07) is 14.2. The highest BCUT2D eigenvalue weighted by molar-refractivity contribution is 7.99. The molecular formula is C16H17N5OS. The highest BCUT2D eigenvalue weighted by Crippen LogP contribution is 2.24. The van der Waals surface area contributed by atoms with Gasteiger partial charge in [0.2, 0.25) is 11.1 Å². The van der Waals surface area contributed by atoms with Crippen LogP contribution in [0.1, 0.15) is 18.5 Å². The molecule has 0 aliphatic carbocycles. The summed E-state index contributed by atoms with van der Waals surface area (Å²) in [5.74, 6) is 0.238. The Morgan fingerprint density at radius 3 is 2.83 bits per heavy atom. The van der Waals surface area contributed by atoms with Crippen LogP contribution in [0.4, 0.5) is 0 Å². The fourth-order valence-electron chi connectivity index (χ4n) is 2.46. The van der Waals surface area contributed by atoms with Gasteiger partial charge in [-0.2, -0.15) is 0 Å². The summed E-state index contributed by atoms with van der Waals surface area (Å²) in [7, 11) is 1.75. The molecule has 1 heterocycles. The van der Waals surface area contributed by atoms with Crippen molar-refractivity contribution in [2.45, 2.75) is 18.1 Å². The number of hydrogen-bond acceptors (Lipinski definition) is 5. The Hall–Kier alpha value is -2.41. The van der Waals surface area contributed by atoms with Crippen molar-refractivity contribution >= 4 is 28.4 Å². The number of hydrogen-bond donors (Lipinski definition) is 1. The molecule has 0 saturated heterocycles. The molecule has 3 rings (SSSR count). The third-order valence-electron chi connectivity index (χ3n) is 3.58. The van der Waals surface area contributed by atoms with Crippen LogP contribution in [-0.2, 0) is 11.8 Å². The van der Waals surface area contributed by atoms with E-state index in [9.17, 15) is 4.79 Å². The highest BCUT2D eigenvalue weighted by atomic mass is 32.2. The molecule has 3 aromatic rings. The summed E-state index contributed by atoms with van der Waals surface area (Å²) in [6.07, 6.45) is 0. The molecule has 0 aliphatic rings. The largest absolute Gasteiger partial charge is 0.349 e. The van der Waals surface area contributed by atoms with Crippen LogP contribution in [0.25, 0.3) is 10.8 Å². The molecule has 1 aromatic heterocycles. The third-order valence-corrected chi connectivity index (χ3v) is 4.59. The first-order valence-electron chi connectivity index (χ1n) is 7.27. The van der Waals surface area contributed by atoms with Crippen LogP contribution in [0.2, 0.25) is 0 Å². The Labute approximate surface area is 138 Å². The predicted molar refractivity (Wildman–Crippen MR) is 90.0 cm³/mol. The van der Waals surface area contributed by atoms with Gasteiger partial charge in [-0.15, -0.1) is 5.10 Å². The van der Waals surface area contributed by atoms with Crippen LogP contribution in [0, 0.1) is 0 Å². The molecule has 118 valence electrons. The number of benzene rings is 2. The number of carbonyl (C=O) groups excluding carboxylic acids is 1. The van der Waals surface area contributed by atoms with Crippen molar-refractivity contribution in [3.05, 3.63) is 48.0 Å². The summed E-state index contributed by atoms with van der Waals surface area (Å²) in [6.45, 7) is 1.99. The van der Waals surface area contributed by atoms with E-state index < -0.39 is 0 Å². The topological polar surface area (TPSA) is 72.7 Å². The van der Waals surface area contributed by atoms with Gasteiger partial charge in [-0.3, -0.25) is 4.79 Å². The fourth-order valence-corrected chi connectivity index (χ4v) is 3.12. The van der Waals surface area contributed by atoms with Crippen LogP contribution >= 0.6 is 11.8 Å². The Balaban J connectivity index is 1.67. The van der Waals surface area contributed by atoms with E-state index in [1.54, 1.807) is 11.7 Å². The normalized spacial score (nSPS) is 12.3. The van der Waals surface area contributed by atoms with Crippen LogP contribution < -0.4 is 5.32 Å². The number of aromatic nitrogens is 4. The van der Waals surface area contributed by atoms with Crippen molar-refractivity contribution in [3.63, 3.8) is 0 Å². The second-order valence-electron chi connectivity index (χ2n) is 5.23. The van der Waals surface area contributed by atoms with E-state index in [1.807, 2.05) is 31.2 Å². The first-order chi connectivity index (χ1) is 11.1. The van der Waals surface area contributed by atoms with Crippen molar-refractivity contribution in [2.75, 3.05) is 5.75 Å². The van der Waals surface area contributed by atoms with E-state index in [4.69, 9.17) is 0 Å². The minimum Gasteiger partial charge on any atom is -0.349 e. The molecule has 1 amide bonds. The third kappa shape index (κ3) is 3.50. The number of aryl methyl sites for hydroxylation is 1. The highest BCUT2D eigenvalue weighted by Gasteiger charge is 2.13. The average molecular weight is 327 g/mol. The second kappa shape index (κ2) is 6.78. The van der Waals surface area contributed by atoms with E-state index in [2.05, 4.69) is 39.0 Å². The summed E-state index contributed by atoms with van der Waals surface area (Å²) in [5.41, 5.74) is 1.11. The van der Waals surface area contributed by atoms with Crippen molar-refractivity contribution in [3.8, 4) is 0 Å². The summed E-state index contributed by atoms with van der Waals surface area (Å²) < 4.78 is 1.55. The lowest BCUT2D eigenvalue weighted by Gasteiger charge is -2.16. The van der Waals surface area contributed by atoms with Gasteiger partial charge in [0, 0.05) is 7.05 Å². The van der Waals surface area contributed by atoms with E-state index in [1.165, 1.54) is 17.1 Å². The van der Waals surface area contributed by atoms with Crippen molar-refractivity contribution in [2.24, 2.45) is 7.05 Å². The molecule has 1 atom stereocenters. The molecular weight excluding hydrogens is 310 g/mol. The molecule has 0 aliphatic heterocycles. The second-order valence-corrected chi connectivity index (χ2v) is 6.17. The van der Waals surface area contributed by atoms with E-state index in [-0.39, 0.29) is 17.7 Å². The number of fused-ring (bicyclic) bond motifs is 1. The number of amides is 1. The van der Waals surface area contributed by atoms with Gasteiger partial charge in [-0.1, -0.05) is 54.2 Å². The van der Waals surface area contributed by atoms with E-state index in [0.717, 1.165) is 10.9 Å². The number of carbonyl (C=O) groups is 1. The lowest BCUT2D eigenvalue weighted by Crippen LogP contribution is -2.28. The Morgan fingerprint density at radius 2 is 2.04 bits per heavy atom. The number of nitrogens with zero attached hydrogens (tertiary/aromatic N) is 4. The molecule has 0 saturated carbocycles. The smallest absolute Gasteiger partial charge is 0.230 e. The van der Waals surface area contributed by atoms with Gasteiger partial charge < -0.3 is 5.32 Å². The van der Waals surface area contributed by atoms with Gasteiger partial charge in [-0.05, 0) is 33.7 Å². The molecule has 6 nitrogen and oxygen atoms in total. The van der Waals surface area contributed by atoms with Gasteiger partial charge in [0.1, 0.15) is 0 Å². The molecule has 23 heavy (non-hydrogen) atoms. The lowest BCUT2D eigenvalue weighted by molar-refractivity contribution is -0.119. The van der Waals surface area contributed by atoms with Gasteiger partial charge >= 0.3 is 0 Å². The monoisotopic (exact) mass is 327 g/mol. The van der Waals surface area contributed by atoms with Gasteiger partial charge in [0.15, 0.2) is 0 Å². The van der Waals surface area contributed by atoms with E-state index >= 15 is 0 Å². The standard InChI is InChI=1S/C16H17N5OS/c1-11(13-9-5-7-12-6-3-4-8-14(12)13)17-15(22)10-23-16-18-19-20-21(16)2/h3-9,11H,10H2,1-2H3,(H,17,22). The number of rotatable bonds is 5. The molecule has 1 unspecified atom stereocenters. The lowest BCUT2D eigenvalue weighted by atomic mass is 10.00. The fraction of sp³-hybridized carbons (Fsp3) is 0.250. The zero-order valence-electron chi connectivity index (χ0n) is 12.9. The molecule has 1 N–H and O–H groups in total. The summed E-state index contributed by atoms with van der Waals surface area (Å²) in [5, 5.41) is 17.1. The van der Waals surface area contributed by atoms with E-state index in [0.29, 0.717) is 5.16 Å². The molecule has 0 spiro atoms. The number of thioether (sulfide) groups is 1. The molecule has 7 heteroatoms. The first kappa shape index (κ1) is 15.5. The zero-order chi connectivity index (χ0) is 16.2. The Bertz CT molecular complexity index is 827. The maximum atomic E-state index is 12.2. The van der Waals surface area contributed by atoms with Crippen LogP contribution in [0.15, 0.2) is 47.6 Å². The minimum absolute atomic E-state index is 0.0431. The molecule has 0 bridgehead atoms. The average Bonchev–Trinajstić information content (AvgIpc) is 2.97. The predicted octanol–water partition coefficient (Wildman–Crippen LogP) is 2.33. The van der Waals surface area contributed by atoms with Crippen LogP contribution in [-0.4, -0.2) is 31.9 Å². The Morgan fingerprint density at radius 1 is 1.26 bits per heavy atom. The number of tetrazole rings is 1. The summed E-state index contributed by atoms with van der Waals surface area (Å²) >= 11 is 1.32. The molecule has 2 aromatic carbocycles. The van der Waals surface area contributed by atoms with Crippen LogP contribution in [0.3, 0.4) is 0 Å². The minimum atomic E-state index is -0.0631. The maximum Gasteiger partial charge on any atom is 0.230 e. The van der Waals surface area contributed by atoms with Gasteiger partial charge in [0.05, 0.1) is 11.8 Å². The summed E-state index contributed by atoms with van der Waals surface area (Å²) in [4.78, 5) is 12.2. The van der Waals surface area contributed by atoms with Crippen molar-refractivity contribution in [1.82, 2.24) is 25.5 Å². The quantitative estimate of drug-likeness (QED) is 0.728. The molecule has 0 radical (unpaired) electrons. The van der Waals surface area contributed by atoms with Crippen LogP contribution in [0.5, 0.6) is 0 Å². The van der Waals surface area contributed by atoms with Gasteiger partial charge in [-0.25, -0.2) is 4.68 Å².